The molecule has 0 fully saturated rings. The zero-order valence-corrected chi connectivity index (χ0v) is 17.5. The van der Waals surface area contributed by atoms with Crippen molar-refractivity contribution in [2.75, 3.05) is 19.4 Å². The molecule has 0 atom stereocenters. The molecule has 0 aliphatic rings. The summed E-state index contributed by atoms with van der Waals surface area (Å²) in [4.78, 5) is 23.9. The lowest BCUT2D eigenvalue weighted by atomic mass is 10.1. The van der Waals surface area contributed by atoms with Crippen molar-refractivity contribution in [1.82, 2.24) is 14.9 Å². The smallest absolute Gasteiger partial charge is 0.253 e. The number of hydrogen-bond acceptors (Lipinski definition) is 5. The average molecular weight is 403 g/mol. The predicted molar refractivity (Wildman–Crippen MR) is 119 cm³/mol. The van der Waals surface area contributed by atoms with Crippen LogP contribution in [0.1, 0.15) is 21.7 Å². The molecule has 0 saturated carbocycles. The maximum absolute atomic E-state index is 12.1. The first kappa shape index (κ1) is 19.1. The van der Waals surface area contributed by atoms with E-state index in [-0.39, 0.29) is 5.91 Å². The molecule has 2 aromatic carbocycles. The molecule has 4 aromatic rings. The largest absolute Gasteiger partial charge is 0.365 e. The van der Waals surface area contributed by atoms with E-state index in [1.807, 2.05) is 49.4 Å². The minimum Gasteiger partial charge on any atom is -0.365 e. The summed E-state index contributed by atoms with van der Waals surface area (Å²) in [5.74, 6) is 1.58. The fourth-order valence-corrected chi connectivity index (χ4v) is 4.21. The number of anilines is 1. The van der Waals surface area contributed by atoms with Gasteiger partial charge in [0.25, 0.3) is 5.91 Å². The van der Waals surface area contributed by atoms with Crippen molar-refractivity contribution in [2.24, 2.45) is 0 Å². The predicted octanol–water partition coefficient (Wildman–Crippen LogP) is 4.98. The summed E-state index contributed by atoms with van der Waals surface area (Å²) in [6, 6.07) is 18.0. The number of amides is 1. The van der Waals surface area contributed by atoms with Crippen molar-refractivity contribution >= 4 is 33.3 Å². The van der Waals surface area contributed by atoms with Crippen LogP contribution in [0.5, 0.6) is 0 Å². The number of carbonyl (C=O) groups excluding carboxylic acids is 1. The number of carbonyl (C=O) groups is 1. The van der Waals surface area contributed by atoms with E-state index in [2.05, 4.69) is 32.8 Å². The van der Waals surface area contributed by atoms with Crippen molar-refractivity contribution in [1.29, 1.82) is 0 Å². The van der Waals surface area contributed by atoms with E-state index in [1.54, 1.807) is 30.3 Å². The molecule has 5 nitrogen and oxygen atoms in total. The normalized spacial score (nSPS) is 10.9. The van der Waals surface area contributed by atoms with Gasteiger partial charge in [-0.1, -0.05) is 42.5 Å². The molecule has 0 aliphatic carbocycles. The molecule has 6 heteroatoms. The van der Waals surface area contributed by atoms with Gasteiger partial charge in [0.05, 0.1) is 5.39 Å². The van der Waals surface area contributed by atoms with Crippen LogP contribution < -0.4 is 5.32 Å². The number of nitrogens with one attached hydrogen (secondary N) is 1. The van der Waals surface area contributed by atoms with Crippen LogP contribution in [0.25, 0.3) is 21.3 Å². The van der Waals surface area contributed by atoms with E-state index < -0.39 is 0 Å². The van der Waals surface area contributed by atoms with Crippen LogP contribution in [0.3, 0.4) is 0 Å². The van der Waals surface area contributed by atoms with E-state index in [9.17, 15) is 4.79 Å². The highest BCUT2D eigenvalue weighted by Gasteiger charge is 2.14. The van der Waals surface area contributed by atoms with Gasteiger partial charge in [0.15, 0.2) is 0 Å². The highest BCUT2D eigenvalue weighted by Crippen LogP contribution is 2.37. The van der Waals surface area contributed by atoms with E-state index in [0.717, 1.165) is 38.5 Å². The first-order valence-corrected chi connectivity index (χ1v) is 10.3. The van der Waals surface area contributed by atoms with E-state index in [0.29, 0.717) is 12.1 Å². The number of aryl methyl sites for hydroxylation is 1. The molecule has 0 radical (unpaired) electrons. The second kappa shape index (κ2) is 8.01. The average Bonchev–Trinajstić information content (AvgIpc) is 3.16. The number of thiophene rings is 1. The summed E-state index contributed by atoms with van der Waals surface area (Å²) in [5.41, 5.74) is 4.06. The Balaban J connectivity index is 1.63. The summed E-state index contributed by atoms with van der Waals surface area (Å²) in [7, 11) is 3.51. The van der Waals surface area contributed by atoms with Crippen molar-refractivity contribution in [3.63, 3.8) is 0 Å². The van der Waals surface area contributed by atoms with Gasteiger partial charge in [-0.15, -0.1) is 11.3 Å². The van der Waals surface area contributed by atoms with E-state index in [4.69, 9.17) is 0 Å². The number of hydrogen-bond donors (Lipinski definition) is 1. The van der Waals surface area contributed by atoms with Crippen molar-refractivity contribution in [2.45, 2.75) is 13.5 Å². The molecular weight excluding hydrogens is 380 g/mol. The minimum absolute atomic E-state index is 0.00317. The van der Waals surface area contributed by atoms with Crippen molar-refractivity contribution in [3.05, 3.63) is 76.9 Å². The molecule has 1 amide bonds. The van der Waals surface area contributed by atoms with Gasteiger partial charge in [0, 0.05) is 37.1 Å². The molecule has 0 bridgehead atoms. The molecule has 2 heterocycles. The minimum atomic E-state index is 0.00317. The summed E-state index contributed by atoms with van der Waals surface area (Å²) in [5, 5.41) is 6.66. The molecule has 1 N–H and O–H groups in total. The van der Waals surface area contributed by atoms with Gasteiger partial charge in [0.2, 0.25) is 0 Å². The number of aromatic nitrogens is 2. The Morgan fingerprint density at radius 2 is 1.76 bits per heavy atom. The fourth-order valence-electron chi connectivity index (χ4n) is 3.22. The summed E-state index contributed by atoms with van der Waals surface area (Å²) in [6.45, 7) is 2.53. The molecule has 4 rings (SSSR count). The first-order chi connectivity index (χ1) is 14.0. The van der Waals surface area contributed by atoms with Crippen molar-refractivity contribution < 1.29 is 4.79 Å². The second-order valence-electron chi connectivity index (χ2n) is 7.07. The van der Waals surface area contributed by atoms with Crippen LogP contribution in [-0.4, -0.2) is 34.9 Å². The van der Waals surface area contributed by atoms with Crippen LogP contribution in [0, 0.1) is 6.92 Å². The van der Waals surface area contributed by atoms with Gasteiger partial charge in [-0.3, -0.25) is 4.79 Å². The van der Waals surface area contributed by atoms with Gasteiger partial charge < -0.3 is 10.2 Å². The van der Waals surface area contributed by atoms with E-state index in [1.165, 1.54) is 0 Å². The molecular formula is C23H22N4OS. The Bertz CT molecular complexity index is 1150. The Kier molecular flexibility index (Phi) is 5.27. The maximum atomic E-state index is 12.1. The summed E-state index contributed by atoms with van der Waals surface area (Å²) in [6.07, 6.45) is 0. The molecule has 2 aromatic heterocycles. The van der Waals surface area contributed by atoms with Crippen LogP contribution in [0.15, 0.2) is 60.0 Å². The summed E-state index contributed by atoms with van der Waals surface area (Å²) >= 11 is 1.63. The Hall–Kier alpha value is -3.25. The lowest BCUT2D eigenvalue weighted by molar-refractivity contribution is 0.0827. The molecule has 29 heavy (non-hydrogen) atoms. The van der Waals surface area contributed by atoms with Gasteiger partial charge in [0.1, 0.15) is 16.5 Å². The van der Waals surface area contributed by atoms with Gasteiger partial charge in [-0.05, 0) is 30.2 Å². The third kappa shape index (κ3) is 3.98. The highest BCUT2D eigenvalue weighted by atomic mass is 32.1. The van der Waals surface area contributed by atoms with Crippen LogP contribution in [0.2, 0.25) is 0 Å². The fraction of sp³-hybridized carbons (Fsp3) is 0.174. The topological polar surface area (TPSA) is 58.1 Å². The maximum Gasteiger partial charge on any atom is 0.253 e. The quantitative estimate of drug-likeness (QED) is 0.511. The number of fused-ring (bicyclic) bond motifs is 1. The molecule has 0 unspecified atom stereocenters. The van der Waals surface area contributed by atoms with Crippen molar-refractivity contribution in [3.8, 4) is 11.1 Å². The van der Waals surface area contributed by atoms with E-state index >= 15 is 0 Å². The Morgan fingerprint density at radius 3 is 2.45 bits per heavy atom. The van der Waals surface area contributed by atoms with Crippen LogP contribution >= 0.6 is 11.3 Å². The zero-order chi connectivity index (χ0) is 20.4. The van der Waals surface area contributed by atoms with Gasteiger partial charge in [-0.25, -0.2) is 9.97 Å². The lowest BCUT2D eigenvalue weighted by Gasteiger charge is -2.12. The lowest BCUT2D eigenvalue weighted by Crippen LogP contribution is -2.21. The SMILES string of the molecule is Cc1nc(NCc2ccc(C(=O)N(C)C)cc2)c2c(-c3ccccc3)csc2n1. The van der Waals surface area contributed by atoms with Crippen LogP contribution in [0.4, 0.5) is 5.82 Å². The second-order valence-corrected chi connectivity index (χ2v) is 7.92. The number of benzene rings is 2. The van der Waals surface area contributed by atoms with Gasteiger partial charge in [-0.2, -0.15) is 0 Å². The molecule has 146 valence electrons. The third-order valence-electron chi connectivity index (χ3n) is 4.70. The number of rotatable bonds is 5. The Labute approximate surface area is 174 Å². The molecule has 0 spiro atoms. The summed E-state index contributed by atoms with van der Waals surface area (Å²) < 4.78 is 0. The standard InChI is InChI=1S/C23H22N4OS/c1-15-25-21(24-13-16-9-11-18(12-10-16)23(28)27(2)3)20-19(14-29-22(20)26-15)17-7-5-4-6-8-17/h4-12,14H,13H2,1-3H3,(H,24,25,26). The monoisotopic (exact) mass is 402 g/mol. The number of nitrogens with zero attached hydrogens (tertiary/aromatic N) is 3. The highest BCUT2D eigenvalue weighted by molar-refractivity contribution is 7.17. The molecule has 0 saturated heterocycles. The van der Waals surface area contributed by atoms with Crippen LogP contribution in [-0.2, 0) is 6.54 Å². The first-order valence-electron chi connectivity index (χ1n) is 9.38. The third-order valence-corrected chi connectivity index (χ3v) is 5.57. The molecule has 0 aliphatic heterocycles. The zero-order valence-electron chi connectivity index (χ0n) is 16.6. The van der Waals surface area contributed by atoms with Gasteiger partial charge >= 0.3 is 0 Å². The Morgan fingerprint density at radius 1 is 1.03 bits per heavy atom.